The van der Waals surface area contributed by atoms with Gasteiger partial charge in [0.05, 0.1) is 6.42 Å². The molecule has 0 aromatic heterocycles. The summed E-state index contributed by atoms with van der Waals surface area (Å²) in [6.07, 6.45) is -0.133. The van der Waals surface area contributed by atoms with Crippen LogP contribution in [0.4, 0.5) is 0 Å². The van der Waals surface area contributed by atoms with E-state index in [1.54, 1.807) is 12.1 Å². The van der Waals surface area contributed by atoms with Crippen molar-refractivity contribution in [3.05, 3.63) is 58.6 Å². The van der Waals surface area contributed by atoms with Crippen LogP contribution < -0.4 is 9.47 Å². The number of benzene rings is 2. The van der Waals surface area contributed by atoms with Gasteiger partial charge in [-0.3, -0.25) is 4.79 Å². The van der Waals surface area contributed by atoms with Crippen molar-refractivity contribution in [2.75, 3.05) is 13.2 Å². The van der Waals surface area contributed by atoms with Crippen LogP contribution in [0, 0.1) is 0 Å². The van der Waals surface area contributed by atoms with E-state index in [0.29, 0.717) is 29.7 Å². The molecule has 1 heterocycles. The molecule has 120 valence electrons. The summed E-state index contributed by atoms with van der Waals surface area (Å²) in [6.45, 7) is 2.91. The lowest BCUT2D eigenvalue weighted by Gasteiger charge is -2.19. The van der Waals surface area contributed by atoms with Gasteiger partial charge < -0.3 is 14.2 Å². The van der Waals surface area contributed by atoms with Crippen molar-refractivity contribution < 1.29 is 19.0 Å². The van der Waals surface area contributed by atoms with Crippen LogP contribution in [0.15, 0.2) is 42.5 Å². The van der Waals surface area contributed by atoms with Gasteiger partial charge >= 0.3 is 5.97 Å². The van der Waals surface area contributed by atoms with E-state index < -0.39 is 0 Å². The molecule has 0 radical (unpaired) electrons. The Labute approximate surface area is 139 Å². The van der Waals surface area contributed by atoms with Gasteiger partial charge in [0, 0.05) is 5.02 Å². The topological polar surface area (TPSA) is 44.8 Å². The summed E-state index contributed by atoms with van der Waals surface area (Å²) in [6, 6.07) is 12.8. The molecule has 0 N–H and O–H groups in total. The van der Waals surface area contributed by atoms with Crippen LogP contribution in [0.1, 0.15) is 24.2 Å². The zero-order chi connectivity index (χ0) is 16.2. The second kappa shape index (κ2) is 6.92. The van der Waals surface area contributed by atoms with Crippen molar-refractivity contribution in [1.29, 1.82) is 0 Å². The molecular formula is C18H17ClO4. The molecule has 4 nitrogen and oxygen atoms in total. The third-order valence-corrected chi connectivity index (χ3v) is 3.85. The average Bonchev–Trinajstić information content (AvgIpc) is 2.55. The van der Waals surface area contributed by atoms with Gasteiger partial charge in [-0.15, -0.1) is 0 Å². The Morgan fingerprint density at radius 1 is 1.13 bits per heavy atom. The van der Waals surface area contributed by atoms with E-state index >= 15 is 0 Å². The van der Waals surface area contributed by atoms with Crippen LogP contribution >= 0.6 is 11.6 Å². The smallest absolute Gasteiger partial charge is 0.310 e. The number of carbonyl (C=O) groups excluding carboxylic acids is 1. The molecule has 1 atom stereocenters. The first-order valence-corrected chi connectivity index (χ1v) is 7.83. The quantitative estimate of drug-likeness (QED) is 0.795. The van der Waals surface area contributed by atoms with Crippen molar-refractivity contribution in [1.82, 2.24) is 0 Å². The van der Waals surface area contributed by atoms with E-state index in [1.165, 1.54) is 0 Å². The van der Waals surface area contributed by atoms with Gasteiger partial charge in [0.1, 0.15) is 19.3 Å². The molecule has 0 fully saturated rings. The van der Waals surface area contributed by atoms with Crippen molar-refractivity contribution in [3.8, 4) is 11.5 Å². The minimum absolute atomic E-state index is 0.189. The lowest BCUT2D eigenvalue weighted by Crippen LogP contribution is -2.16. The standard InChI is InChI=1S/C18H17ClO4/c1-12(14-3-5-15(19)6-4-14)23-18(20)11-13-2-7-16-17(10-13)22-9-8-21-16/h2-7,10,12H,8-9,11H2,1H3. The number of carbonyl (C=O) groups is 1. The highest BCUT2D eigenvalue weighted by molar-refractivity contribution is 6.30. The molecule has 5 heteroatoms. The molecule has 1 unspecified atom stereocenters. The lowest BCUT2D eigenvalue weighted by atomic mass is 10.1. The molecule has 0 bridgehead atoms. The summed E-state index contributed by atoms with van der Waals surface area (Å²) in [5.74, 6) is 1.10. The SMILES string of the molecule is CC(OC(=O)Cc1ccc2c(c1)OCCO2)c1ccc(Cl)cc1. The third-order valence-electron chi connectivity index (χ3n) is 3.60. The number of halogens is 1. The summed E-state index contributed by atoms with van der Waals surface area (Å²) < 4.78 is 16.5. The maximum Gasteiger partial charge on any atom is 0.310 e. The number of hydrogen-bond acceptors (Lipinski definition) is 4. The van der Waals surface area contributed by atoms with Crippen molar-refractivity contribution >= 4 is 17.6 Å². The molecule has 0 saturated heterocycles. The first-order chi connectivity index (χ1) is 11.1. The van der Waals surface area contributed by atoms with Crippen LogP contribution in [0.3, 0.4) is 0 Å². The first-order valence-electron chi connectivity index (χ1n) is 7.45. The summed E-state index contributed by atoms with van der Waals surface area (Å²) in [7, 11) is 0. The Morgan fingerprint density at radius 2 is 1.83 bits per heavy atom. The number of ether oxygens (including phenoxy) is 3. The molecule has 1 aliphatic heterocycles. The maximum atomic E-state index is 12.1. The highest BCUT2D eigenvalue weighted by Gasteiger charge is 2.15. The fourth-order valence-electron chi connectivity index (χ4n) is 2.41. The van der Waals surface area contributed by atoms with E-state index in [0.717, 1.165) is 11.1 Å². The summed E-state index contributed by atoms with van der Waals surface area (Å²) >= 11 is 5.86. The van der Waals surface area contributed by atoms with E-state index in [-0.39, 0.29) is 18.5 Å². The summed E-state index contributed by atoms with van der Waals surface area (Å²) in [5.41, 5.74) is 1.74. The monoisotopic (exact) mass is 332 g/mol. The van der Waals surface area contributed by atoms with Gasteiger partial charge in [-0.05, 0) is 42.3 Å². The zero-order valence-electron chi connectivity index (χ0n) is 12.8. The van der Waals surface area contributed by atoms with E-state index in [1.807, 2.05) is 37.3 Å². The number of rotatable bonds is 4. The molecule has 3 rings (SSSR count). The highest BCUT2D eigenvalue weighted by atomic mass is 35.5. The van der Waals surface area contributed by atoms with Crippen molar-refractivity contribution in [3.63, 3.8) is 0 Å². The Bertz CT molecular complexity index is 697. The lowest BCUT2D eigenvalue weighted by molar-refractivity contribution is -0.147. The molecule has 0 amide bonds. The number of esters is 1. The Morgan fingerprint density at radius 3 is 2.57 bits per heavy atom. The van der Waals surface area contributed by atoms with Crippen LogP contribution in [0.2, 0.25) is 5.02 Å². The molecule has 1 aliphatic rings. The molecule has 0 saturated carbocycles. The van der Waals surface area contributed by atoms with Gasteiger partial charge in [0.25, 0.3) is 0 Å². The second-order valence-electron chi connectivity index (χ2n) is 5.34. The van der Waals surface area contributed by atoms with Gasteiger partial charge in [-0.1, -0.05) is 29.8 Å². The molecule has 2 aromatic carbocycles. The van der Waals surface area contributed by atoms with Gasteiger partial charge in [0.2, 0.25) is 0 Å². The van der Waals surface area contributed by atoms with E-state index in [4.69, 9.17) is 25.8 Å². The third kappa shape index (κ3) is 3.96. The van der Waals surface area contributed by atoms with Crippen LogP contribution in [-0.4, -0.2) is 19.2 Å². The maximum absolute atomic E-state index is 12.1. The summed E-state index contributed by atoms with van der Waals surface area (Å²) in [5, 5.41) is 0.656. The Kier molecular flexibility index (Phi) is 4.72. The minimum Gasteiger partial charge on any atom is -0.486 e. The average molecular weight is 333 g/mol. The van der Waals surface area contributed by atoms with Crippen LogP contribution in [0.25, 0.3) is 0 Å². The normalized spacial score (nSPS) is 14.2. The molecule has 23 heavy (non-hydrogen) atoms. The first kappa shape index (κ1) is 15.7. The highest BCUT2D eigenvalue weighted by Crippen LogP contribution is 2.31. The molecule has 2 aromatic rings. The molecule has 0 spiro atoms. The predicted octanol–water partition coefficient (Wildman–Crippen LogP) is 3.96. The van der Waals surface area contributed by atoms with Crippen molar-refractivity contribution in [2.45, 2.75) is 19.4 Å². The number of fused-ring (bicyclic) bond motifs is 1. The largest absolute Gasteiger partial charge is 0.486 e. The minimum atomic E-state index is -0.322. The van der Waals surface area contributed by atoms with Gasteiger partial charge in [-0.2, -0.15) is 0 Å². The van der Waals surface area contributed by atoms with Crippen LogP contribution in [-0.2, 0) is 16.0 Å². The Balaban J connectivity index is 1.61. The van der Waals surface area contributed by atoms with Crippen LogP contribution in [0.5, 0.6) is 11.5 Å². The fraction of sp³-hybridized carbons (Fsp3) is 0.278. The van der Waals surface area contributed by atoms with Crippen molar-refractivity contribution in [2.24, 2.45) is 0 Å². The van der Waals surface area contributed by atoms with Gasteiger partial charge in [-0.25, -0.2) is 0 Å². The predicted molar refractivity (Wildman–Crippen MR) is 87.1 cm³/mol. The Hall–Kier alpha value is -2.20. The second-order valence-corrected chi connectivity index (χ2v) is 5.77. The summed E-state index contributed by atoms with van der Waals surface area (Å²) in [4.78, 5) is 12.1. The fourth-order valence-corrected chi connectivity index (χ4v) is 2.53. The van der Waals surface area contributed by atoms with E-state index in [9.17, 15) is 4.79 Å². The van der Waals surface area contributed by atoms with E-state index in [2.05, 4.69) is 0 Å². The van der Waals surface area contributed by atoms with Gasteiger partial charge in [0.15, 0.2) is 11.5 Å². The zero-order valence-corrected chi connectivity index (χ0v) is 13.5. The molecular weight excluding hydrogens is 316 g/mol. The number of hydrogen-bond donors (Lipinski definition) is 0. The molecule has 0 aliphatic carbocycles.